The summed E-state index contributed by atoms with van der Waals surface area (Å²) in [7, 11) is 0. The van der Waals surface area contributed by atoms with E-state index in [1.54, 1.807) is 0 Å². The van der Waals surface area contributed by atoms with E-state index in [1.165, 1.54) is 0 Å². The van der Waals surface area contributed by atoms with Crippen molar-refractivity contribution < 1.29 is 14.3 Å². The predicted molar refractivity (Wildman–Crippen MR) is 31.0 cm³/mol. The summed E-state index contributed by atoms with van der Waals surface area (Å²) < 4.78 is 4.87. The van der Waals surface area contributed by atoms with Crippen LogP contribution in [-0.2, 0) is 14.3 Å². The third-order valence-electron chi connectivity index (χ3n) is 1.99. The number of hydrogen-bond donors (Lipinski definition) is 1. The van der Waals surface area contributed by atoms with E-state index in [2.05, 4.69) is 5.32 Å². The molecule has 0 aromatic carbocycles. The highest BCUT2D eigenvalue weighted by Gasteiger charge is 2.52. The van der Waals surface area contributed by atoms with Crippen molar-refractivity contribution in [3.63, 3.8) is 0 Å². The molecule has 1 N–H and O–H groups in total. The molecule has 54 valence electrons. The Morgan fingerprint density at radius 1 is 1.40 bits per heavy atom. The van der Waals surface area contributed by atoms with E-state index >= 15 is 0 Å². The number of nitrogens with one attached hydrogen (secondary N) is 1. The monoisotopic (exact) mass is 141 g/mol. The fourth-order valence-electron chi connectivity index (χ4n) is 1.27. The van der Waals surface area contributed by atoms with E-state index in [9.17, 15) is 9.59 Å². The summed E-state index contributed by atoms with van der Waals surface area (Å²) in [5.41, 5.74) is -0.475. The summed E-state index contributed by atoms with van der Waals surface area (Å²) in [5.74, 6) is -0.336. The van der Waals surface area contributed by atoms with Gasteiger partial charge in [0, 0.05) is 6.42 Å². The average Bonchev–Trinajstić information content (AvgIpc) is 2.04. The molecule has 0 aromatic heterocycles. The van der Waals surface area contributed by atoms with Gasteiger partial charge in [0.1, 0.15) is 5.41 Å². The molecule has 0 bridgehead atoms. The Kier molecular flexibility index (Phi) is 0.922. The maximum atomic E-state index is 11.0. The number of rotatable bonds is 0. The fourth-order valence-corrected chi connectivity index (χ4v) is 1.27. The number of ether oxygens (including phenoxy) is 1. The lowest BCUT2D eigenvalue weighted by Crippen LogP contribution is -2.47. The van der Waals surface area contributed by atoms with E-state index in [0.717, 1.165) is 0 Å². The highest BCUT2D eigenvalue weighted by atomic mass is 16.5. The van der Waals surface area contributed by atoms with Crippen molar-refractivity contribution >= 4 is 11.8 Å². The van der Waals surface area contributed by atoms with Crippen molar-refractivity contribution in [1.82, 2.24) is 5.32 Å². The van der Waals surface area contributed by atoms with Crippen LogP contribution < -0.4 is 5.32 Å². The van der Waals surface area contributed by atoms with E-state index in [4.69, 9.17) is 4.74 Å². The van der Waals surface area contributed by atoms with Crippen molar-refractivity contribution in [3.05, 3.63) is 0 Å². The Balaban J connectivity index is 2.23. The Hall–Kier alpha value is -0.900. The topological polar surface area (TPSA) is 55.4 Å². The quantitative estimate of drug-likeness (QED) is 0.442. The van der Waals surface area contributed by atoms with Crippen LogP contribution in [0.5, 0.6) is 0 Å². The number of imide groups is 1. The van der Waals surface area contributed by atoms with Gasteiger partial charge in [-0.1, -0.05) is 0 Å². The lowest BCUT2D eigenvalue weighted by molar-refractivity contribution is -0.155. The van der Waals surface area contributed by atoms with Crippen molar-refractivity contribution in [2.75, 3.05) is 13.2 Å². The number of amides is 2. The molecule has 2 aliphatic rings. The third kappa shape index (κ3) is 0.541. The Bertz CT molecular complexity index is 207. The van der Waals surface area contributed by atoms with Crippen LogP contribution in [-0.4, -0.2) is 25.0 Å². The van der Waals surface area contributed by atoms with Crippen LogP contribution in [0.4, 0.5) is 0 Å². The summed E-state index contributed by atoms with van der Waals surface area (Å²) in [6.07, 6.45) is 0.311. The van der Waals surface area contributed by atoms with Gasteiger partial charge in [0.05, 0.1) is 13.2 Å². The minimum absolute atomic E-state index is 0.163. The lowest BCUT2D eigenvalue weighted by atomic mass is 9.84. The normalized spacial score (nSPS) is 28.4. The summed E-state index contributed by atoms with van der Waals surface area (Å²) in [4.78, 5) is 21.7. The number of hydrogen-bond acceptors (Lipinski definition) is 3. The van der Waals surface area contributed by atoms with Crippen molar-refractivity contribution in [2.24, 2.45) is 5.41 Å². The molecule has 2 rings (SSSR count). The molecule has 0 radical (unpaired) electrons. The molecule has 2 aliphatic heterocycles. The molecule has 1 spiro atoms. The molecule has 2 saturated heterocycles. The Labute approximate surface area is 57.5 Å². The first-order chi connectivity index (χ1) is 4.73. The summed E-state index contributed by atoms with van der Waals surface area (Å²) in [5, 5.41) is 2.25. The van der Waals surface area contributed by atoms with Crippen LogP contribution in [0, 0.1) is 5.41 Å². The van der Waals surface area contributed by atoms with Gasteiger partial charge in [-0.2, -0.15) is 0 Å². The number of carbonyl (C=O) groups is 2. The van der Waals surface area contributed by atoms with Gasteiger partial charge in [0.2, 0.25) is 11.8 Å². The van der Waals surface area contributed by atoms with Crippen LogP contribution in [0.2, 0.25) is 0 Å². The van der Waals surface area contributed by atoms with Gasteiger partial charge in [-0.3, -0.25) is 14.9 Å². The zero-order chi connectivity index (χ0) is 7.19. The zero-order valence-electron chi connectivity index (χ0n) is 5.35. The molecule has 10 heavy (non-hydrogen) atoms. The first-order valence-electron chi connectivity index (χ1n) is 3.15. The second-order valence-corrected chi connectivity index (χ2v) is 2.83. The number of carbonyl (C=O) groups excluding carboxylic acids is 2. The predicted octanol–water partition coefficient (Wildman–Crippen LogP) is -0.951. The van der Waals surface area contributed by atoms with Crippen molar-refractivity contribution in [3.8, 4) is 0 Å². The van der Waals surface area contributed by atoms with Gasteiger partial charge >= 0.3 is 0 Å². The molecule has 4 heteroatoms. The van der Waals surface area contributed by atoms with Gasteiger partial charge in [0.25, 0.3) is 0 Å². The van der Waals surface area contributed by atoms with E-state index in [1.807, 2.05) is 0 Å². The van der Waals surface area contributed by atoms with Gasteiger partial charge < -0.3 is 4.74 Å². The third-order valence-corrected chi connectivity index (χ3v) is 1.99. The van der Waals surface area contributed by atoms with Crippen molar-refractivity contribution in [1.29, 1.82) is 0 Å². The minimum Gasteiger partial charge on any atom is -0.379 e. The fraction of sp³-hybridized carbons (Fsp3) is 0.667. The van der Waals surface area contributed by atoms with E-state index in [0.29, 0.717) is 19.6 Å². The van der Waals surface area contributed by atoms with Crippen molar-refractivity contribution in [2.45, 2.75) is 6.42 Å². The smallest absolute Gasteiger partial charge is 0.237 e. The molecule has 0 unspecified atom stereocenters. The van der Waals surface area contributed by atoms with E-state index < -0.39 is 5.41 Å². The first-order valence-corrected chi connectivity index (χ1v) is 3.15. The standard InChI is InChI=1S/C6H7NO3/c8-4-1-6(2-10-3-6)5(9)7-4/h1-3H2,(H,7,8,9). The van der Waals surface area contributed by atoms with Gasteiger partial charge in [-0.25, -0.2) is 0 Å². The maximum Gasteiger partial charge on any atom is 0.237 e. The zero-order valence-corrected chi connectivity index (χ0v) is 5.35. The molecule has 4 nitrogen and oxygen atoms in total. The molecule has 2 heterocycles. The average molecular weight is 141 g/mol. The van der Waals surface area contributed by atoms with Crippen LogP contribution in [0.25, 0.3) is 0 Å². The summed E-state index contributed by atoms with van der Waals surface area (Å²) in [6.45, 7) is 0.815. The second kappa shape index (κ2) is 1.58. The maximum absolute atomic E-state index is 11.0. The molecular weight excluding hydrogens is 134 g/mol. The van der Waals surface area contributed by atoms with Crippen LogP contribution in [0.3, 0.4) is 0 Å². The van der Waals surface area contributed by atoms with E-state index in [-0.39, 0.29) is 11.8 Å². The lowest BCUT2D eigenvalue weighted by Gasteiger charge is -2.33. The van der Waals surface area contributed by atoms with Gasteiger partial charge in [0.15, 0.2) is 0 Å². The molecule has 2 amide bonds. The summed E-state index contributed by atoms with van der Waals surface area (Å²) >= 11 is 0. The second-order valence-electron chi connectivity index (χ2n) is 2.83. The molecule has 0 atom stereocenters. The molecule has 0 saturated carbocycles. The van der Waals surface area contributed by atoms with Gasteiger partial charge in [-0.15, -0.1) is 0 Å². The Morgan fingerprint density at radius 2 is 2.10 bits per heavy atom. The molecule has 0 aliphatic carbocycles. The highest BCUT2D eigenvalue weighted by molar-refractivity contribution is 6.06. The SMILES string of the molecule is O=C1CC2(COC2)C(=O)N1. The largest absolute Gasteiger partial charge is 0.379 e. The molecule has 2 fully saturated rings. The molecule has 0 aromatic rings. The molecular formula is C6H7NO3. The minimum atomic E-state index is -0.475. The highest BCUT2D eigenvalue weighted by Crippen LogP contribution is 2.34. The first kappa shape index (κ1) is 5.85. The summed E-state index contributed by atoms with van der Waals surface area (Å²) in [6, 6.07) is 0. The van der Waals surface area contributed by atoms with Crippen LogP contribution in [0.1, 0.15) is 6.42 Å². The Morgan fingerprint density at radius 3 is 2.30 bits per heavy atom. The van der Waals surface area contributed by atoms with Gasteiger partial charge in [-0.05, 0) is 0 Å². The van der Waals surface area contributed by atoms with Crippen LogP contribution >= 0.6 is 0 Å². The van der Waals surface area contributed by atoms with Crippen LogP contribution in [0.15, 0.2) is 0 Å².